The van der Waals surface area contributed by atoms with Crippen LogP contribution < -0.4 is 3.40 Å². The van der Waals surface area contributed by atoms with Crippen LogP contribution in [-0.2, 0) is 16.8 Å². The number of allylic oxidation sites excluding steroid dienone is 1. The molecule has 127 valence electrons. The molecule has 1 aliphatic carbocycles. The normalized spacial score (nSPS) is 18.9. The van der Waals surface area contributed by atoms with Gasteiger partial charge in [0.05, 0.1) is 0 Å². The predicted octanol–water partition coefficient (Wildman–Crippen LogP) is 5.83. The second kappa shape index (κ2) is 5.83. The fraction of sp³-hybridized carbons (Fsp3) is 0.316. The molecule has 4 heteroatoms. The van der Waals surface area contributed by atoms with Gasteiger partial charge in [-0.2, -0.15) is 0 Å². The maximum Gasteiger partial charge on any atom is -0.147 e. The van der Waals surface area contributed by atoms with E-state index in [0.717, 1.165) is 0 Å². The van der Waals surface area contributed by atoms with E-state index < -0.39 is 16.8 Å². The quantitative estimate of drug-likeness (QED) is 0.614. The van der Waals surface area contributed by atoms with Crippen LogP contribution in [0.1, 0.15) is 28.6 Å². The third-order valence-corrected chi connectivity index (χ3v) is 30.3. The van der Waals surface area contributed by atoms with Gasteiger partial charge in [0.1, 0.15) is 0 Å². The van der Waals surface area contributed by atoms with E-state index >= 15 is 0 Å². The summed E-state index contributed by atoms with van der Waals surface area (Å²) >= 11 is -3.86. The Bertz CT molecular complexity index is 820. The van der Waals surface area contributed by atoms with Crippen LogP contribution in [0.25, 0.3) is 6.08 Å². The Morgan fingerprint density at radius 3 is 2.17 bits per heavy atom. The maximum atomic E-state index is 3.58. The molecule has 0 aliphatic heterocycles. The van der Waals surface area contributed by atoms with Crippen LogP contribution in [0.15, 0.2) is 48.7 Å². The Labute approximate surface area is 149 Å². The first-order chi connectivity index (χ1) is 9.70. The molecule has 0 radical (unpaired) electrons. The summed E-state index contributed by atoms with van der Waals surface area (Å²) in [7, 11) is 0. The van der Waals surface area contributed by atoms with Gasteiger partial charge in [-0.25, -0.2) is 0 Å². The van der Waals surface area contributed by atoms with Crippen LogP contribution in [0.4, 0.5) is 0 Å². The Hall–Kier alpha value is -0.427. The number of hydrogen-bond acceptors (Lipinski definition) is 0. The van der Waals surface area contributed by atoms with Crippen molar-refractivity contribution in [1.29, 1.82) is 0 Å². The number of aromatic amines is 1. The van der Waals surface area contributed by atoms with E-state index in [1.165, 1.54) is 14.5 Å². The third kappa shape index (κ3) is 2.58. The molecule has 0 amide bonds. The topological polar surface area (TPSA) is 15.8 Å². The second-order valence-electron chi connectivity index (χ2n) is 8.83. The Morgan fingerprint density at radius 2 is 1.61 bits per heavy atom. The summed E-state index contributed by atoms with van der Waals surface area (Å²) in [6.45, 7) is 4.68. The van der Waals surface area contributed by atoms with E-state index in [1.54, 1.807) is 3.21 Å². The summed E-state index contributed by atoms with van der Waals surface area (Å²) in [5.74, 6) is 0. The summed E-state index contributed by atoms with van der Waals surface area (Å²) in [5.41, 5.74) is 2.89. The number of hydrogen-bond donors (Lipinski definition) is 1. The molecule has 1 unspecified atom stereocenters. The van der Waals surface area contributed by atoms with Gasteiger partial charge in [-0.05, 0) is 0 Å². The molecule has 1 atom stereocenters. The number of aromatic nitrogens is 1. The molecule has 1 nitrogen and oxygen atoms in total. The zero-order valence-corrected chi connectivity index (χ0v) is 18.7. The zero-order valence-electron chi connectivity index (χ0n) is 14.6. The van der Waals surface area contributed by atoms with E-state index in [1.807, 2.05) is 0 Å². The molecule has 1 aromatic carbocycles. The molecule has 1 heterocycles. The summed E-state index contributed by atoms with van der Waals surface area (Å²) in [6, 6.07) is 13.3. The molecular weight excluding hydrogens is 404 g/mol. The predicted molar refractivity (Wildman–Crippen MR) is 107 cm³/mol. The Morgan fingerprint density at radius 1 is 0.957 bits per heavy atom. The average molecular weight is 433 g/mol. The van der Waals surface area contributed by atoms with Gasteiger partial charge in [-0.3, -0.25) is 0 Å². The molecule has 1 aliphatic rings. The van der Waals surface area contributed by atoms with Gasteiger partial charge in [-0.1, -0.05) is 0 Å². The Balaban J connectivity index is 0.00000132. The fourth-order valence-electron chi connectivity index (χ4n) is 3.97. The van der Waals surface area contributed by atoms with Crippen LogP contribution in [0.2, 0.25) is 13.9 Å². The molecule has 0 bridgehead atoms. The number of benzene rings is 1. The SMILES string of the molecule is C[C](C)=[Zr]([CH3])([CH3])([CH3])([c]1ccc[nH]1)[CH]1C=Cc2ccccc21.Cl.Cl. The van der Waals surface area contributed by atoms with Crippen molar-refractivity contribution in [2.45, 2.75) is 31.4 Å². The van der Waals surface area contributed by atoms with Crippen molar-refractivity contribution in [2.24, 2.45) is 0 Å². The second-order valence-corrected chi connectivity index (χ2v) is 35.2. The van der Waals surface area contributed by atoms with Crippen molar-refractivity contribution in [1.82, 2.24) is 4.98 Å². The van der Waals surface area contributed by atoms with Crippen molar-refractivity contribution in [3.63, 3.8) is 0 Å². The maximum absolute atomic E-state index is 3.86. The number of rotatable bonds is 2. The Kier molecular flexibility index (Phi) is 5.23. The van der Waals surface area contributed by atoms with E-state index in [0.29, 0.717) is 3.63 Å². The fourth-order valence-corrected chi connectivity index (χ4v) is 17.0. The minimum absolute atomic E-state index is 0. The van der Waals surface area contributed by atoms with Gasteiger partial charge >= 0.3 is 126 Å². The summed E-state index contributed by atoms with van der Waals surface area (Å²) in [6.07, 6.45) is 6.85. The van der Waals surface area contributed by atoms with E-state index in [-0.39, 0.29) is 24.8 Å². The first-order valence-electron chi connectivity index (χ1n) is 7.85. The minimum Gasteiger partial charge on any atom is -0.147 e. The zero-order chi connectivity index (χ0) is 15.4. The van der Waals surface area contributed by atoms with Gasteiger partial charge in [-0.15, -0.1) is 24.8 Å². The van der Waals surface area contributed by atoms with Gasteiger partial charge in [0.25, 0.3) is 0 Å². The van der Waals surface area contributed by atoms with Crippen molar-refractivity contribution in [3.8, 4) is 0 Å². The van der Waals surface area contributed by atoms with Crippen LogP contribution in [0.3, 0.4) is 0 Å². The molecule has 0 spiro atoms. The van der Waals surface area contributed by atoms with Crippen molar-refractivity contribution < 1.29 is 16.8 Å². The molecule has 1 N–H and O–H groups in total. The van der Waals surface area contributed by atoms with Crippen molar-refractivity contribution in [2.75, 3.05) is 0 Å². The van der Waals surface area contributed by atoms with Crippen LogP contribution in [0.5, 0.6) is 0 Å². The van der Waals surface area contributed by atoms with Crippen LogP contribution in [-0.4, -0.2) is 8.19 Å². The molecular formula is C19H28Cl2NZr. The first-order valence-corrected chi connectivity index (χ1v) is 19.1. The van der Waals surface area contributed by atoms with Gasteiger partial charge < -0.3 is 0 Å². The molecule has 1 aromatic heterocycles. The molecule has 2 aromatic rings. The van der Waals surface area contributed by atoms with Gasteiger partial charge in [0.15, 0.2) is 0 Å². The number of fused-ring (bicyclic) bond motifs is 1. The van der Waals surface area contributed by atoms with Gasteiger partial charge in [0.2, 0.25) is 0 Å². The average Bonchev–Trinajstić information content (AvgIpc) is 3.09. The smallest absolute Gasteiger partial charge is 0.147 e. The molecule has 3 rings (SSSR count). The van der Waals surface area contributed by atoms with Crippen molar-refractivity contribution >= 4 is 37.5 Å². The molecule has 0 saturated carbocycles. The summed E-state index contributed by atoms with van der Waals surface area (Å²) in [4.78, 5) is 3.58. The third-order valence-electron chi connectivity index (χ3n) is 6.78. The molecule has 0 saturated heterocycles. The van der Waals surface area contributed by atoms with Gasteiger partial charge in [0, 0.05) is 0 Å². The largest absolute Gasteiger partial charge is 0.147 e. The standard InChI is InChI=1S/C9H7.C4H4N.C3H6.3CH3.2ClH.Zr/c1-2-5-9-7-3-6-8(9)4-1;1-2-4-5-3-1;1-3-2;;;;;;/h1-7H;1-3,5H;1-2H3;3*1H3;2*1H;. The molecule has 0 fully saturated rings. The number of nitrogens with one attached hydrogen (secondary N) is 1. The van der Waals surface area contributed by atoms with E-state index in [2.05, 4.69) is 87.5 Å². The number of halogens is 2. The van der Waals surface area contributed by atoms with Crippen LogP contribution >= 0.6 is 24.8 Å². The minimum atomic E-state index is -3.86. The number of H-pyrrole nitrogens is 1. The van der Waals surface area contributed by atoms with Crippen molar-refractivity contribution in [3.05, 3.63) is 59.8 Å². The first kappa shape index (κ1) is 20.6. The summed E-state index contributed by atoms with van der Waals surface area (Å²) < 4.78 is 11.3. The van der Waals surface area contributed by atoms with E-state index in [4.69, 9.17) is 0 Å². The molecule has 23 heavy (non-hydrogen) atoms. The van der Waals surface area contributed by atoms with Crippen LogP contribution in [0, 0.1) is 0 Å². The monoisotopic (exact) mass is 430 g/mol. The summed E-state index contributed by atoms with van der Waals surface area (Å²) in [5, 5.41) is 0. The van der Waals surface area contributed by atoms with E-state index in [9.17, 15) is 0 Å².